The Morgan fingerprint density at radius 2 is 1.11 bits per heavy atom. The van der Waals surface area contributed by atoms with E-state index in [1.807, 2.05) is 0 Å². The maximum Gasteiger partial charge on any atom is 0.474 e. The Morgan fingerprint density at radius 3 is 1.51 bits per heavy atom. The molecule has 0 rings (SSSR count). The molecule has 0 radical (unpaired) electrons. The summed E-state index contributed by atoms with van der Waals surface area (Å²) in [4.78, 5) is 11.3. The molecule has 6 nitrogen and oxygen atoms in total. The molecule has 7 heteroatoms. The van der Waals surface area contributed by atoms with Crippen molar-refractivity contribution in [2.45, 2.75) is 137 Å². The van der Waals surface area contributed by atoms with Crippen molar-refractivity contribution in [2.24, 2.45) is 11.8 Å². The van der Waals surface area contributed by atoms with Crippen LogP contribution < -0.4 is 0 Å². The number of hydrogen-bond acceptors (Lipinski definition) is 6. The lowest BCUT2D eigenvalue weighted by Gasteiger charge is -2.23. The molecule has 0 amide bonds. The van der Waals surface area contributed by atoms with E-state index in [0.29, 0.717) is 43.8 Å². The zero-order valence-corrected chi connectivity index (χ0v) is 25.8. The van der Waals surface area contributed by atoms with Crippen LogP contribution in [-0.4, -0.2) is 32.4 Å². The second-order valence-corrected chi connectivity index (χ2v) is 12.1. The van der Waals surface area contributed by atoms with Crippen LogP contribution in [0.2, 0.25) is 0 Å². The normalized spacial score (nSPS) is 14.7. The Hall–Kier alpha value is -0.680. The topological polar surface area (TPSA) is 71.1 Å². The molecule has 37 heavy (non-hydrogen) atoms. The van der Waals surface area contributed by atoms with Gasteiger partial charge in [-0.1, -0.05) is 111 Å². The summed E-state index contributed by atoms with van der Waals surface area (Å²) in [6, 6.07) is 0. The van der Waals surface area contributed by atoms with Crippen LogP contribution in [0.5, 0.6) is 0 Å². The van der Waals surface area contributed by atoms with Crippen LogP contribution in [0, 0.1) is 11.8 Å². The van der Waals surface area contributed by atoms with Gasteiger partial charge in [-0.3, -0.25) is 13.6 Å². The van der Waals surface area contributed by atoms with Gasteiger partial charge in [-0.15, -0.1) is 0 Å². The van der Waals surface area contributed by atoms with Gasteiger partial charge in [-0.2, -0.15) is 0 Å². The molecule has 0 saturated carbocycles. The summed E-state index contributed by atoms with van der Waals surface area (Å²) in [5.74, 6) is 0.479. The molecule has 0 spiro atoms. The number of esters is 1. The number of carbonyl (C=O) groups is 1. The number of hydrogen-bond donors (Lipinski definition) is 0. The van der Waals surface area contributed by atoms with E-state index in [4.69, 9.17) is 18.3 Å². The maximum atomic E-state index is 13.4. The largest absolute Gasteiger partial charge is 0.474 e. The van der Waals surface area contributed by atoms with E-state index in [0.717, 1.165) is 89.9 Å². The second kappa shape index (κ2) is 24.4. The standard InChI is InChI=1S/C30H59O6P/c1-7-11-21-28(9-3)25-35-37(32,36-26-29(10-4)22-12-8-2)34-24-20-18-16-14-13-15-17-19-23-33-30(31)27(5)6/h28-29H,5,7-26H2,1-4,6H3. The molecule has 2 unspecified atom stereocenters. The zero-order chi connectivity index (χ0) is 27.8. The highest BCUT2D eigenvalue weighted by atomic mass is 31.2. The number of unbranched alkanes of at least 4 members (excludes halogenated alkanes) is 9. The molecule has 0 fully saturated rings. The molecular weight excluding hydrogens is 487 g/mol. The second-order valence-electron chi connectivity index (χ2n) is 10.4. The highest BCUT2D eigenvalue weighted by Gasteiger charge is 2.29. The first-order chi connectivity index (χ1) is 17.8. The highest BCUT2D eigenvalue weighted by molar-refractivity contribution is 7.48. The lowest BCUT2D eigenvalue weighted by Crippen LogP contribution is -2.14. The molecule has 0 aromatic rings. The summed E-state index contributed by atoms with van der Waals surface area (Å²) in [6.45, 7) is 15.7. The number of rotatable bonds is 27. The molecule has 2 atom stereocenters. The van der Waals surface area contributed by atoms with Crippen LogP contribution in [0.1, 0.15) is 137 Å². The summed E-state index contributed by atoms with van der Waals surface area (Å²) in [5, 5.41) is 0. The number of ether oxygens (including phenoxy) is 1. The van der Waals surface area contributed by atoms with E-state index in [-0.39, 0.29) is 5.97 Å². The Morgan fingerprint density at radius 1 is 0.676 bits per heavy atom. The fourth-order valence-electron chi connectivity index (χ4n) is 4.03. The van der Waals surface area contributed by atoms with Gasteiger partial charge in [0, 0.05) is 5.57 Å². The quantitative estimate of drug-likeness (QED) is 0.0442. The minimum atomic E-state index is -3.55. The average molecular weight is 547 g/mol. The molecule has 0 aromatic carbocycles. The van der Waals surface area contributed by atoms with Crippen molar-refractivity contribution in [3.05, 3.63) is 12.2 Å². The predicted octanol–water partition coefficient (Wildman–Crippen LogP) is 9.82. The minimum Gasteiger partial charge on any atom is -0.462 e. The van der Waals surface area contributed by atoms with Crippen LogP contribution in [0.4, 0.5) is 0 Å². The van der Waals surface area contributed by atoms with E-state index in [9.17, 15) is 9.36 Å². The maximum absolute atomic E-state index is 13.4. The van der Waals surface area contributed by atoms with Gasteiger partial charge in [0.2, 0.25) is 0 Å². The van der Waals surface area contributed by atoms with Crippen molar-refractivity contribution in [3.63, 3.8) is 0 Å². The Balaban J connectivity index is 4.29. The molecule has 0 heterocycles. The average Bonchev–Trinajstić information content (AvgIpc) is 2.89. The smallest absolute Gasteiger partial charge is 0.462 e. The van der Waals surface area contributed by atoms with Crippen molar-refractivity contribution in [1.29, 1.82) is 0 Å². The van der Waals surface area contributed by atoms with Gasteiger partial charge in [0.1, 0.15) is 0 Å². The van der Waals surface area contributed by atoms with E-state index in [2.05, 4.69) is 34.3 Å². The van der Waals surface area contributed by atoms with Gasteiger partial charge in [0.05, 0.1) is 26.4 Å². The van der Waals surface area contributed by atoms with Crippen molar-refractivity contribution < 1.29 is 27.7 Å². The third-order valence-electron chi connectivity index (χ3n) is 6.89. The van der Waals surface area contributed by atoms with Crippen molar-refractivity contribution >= 4 is 13.8 Å². The number of carbonyl (C=O) groups excluding carboxylic acids is 1. The molecule has 0 aliphatic heterocycles. The zero-order valence-electron chi connectivity index (χ0n) is 24.9. The van der Waals surface area contributed by atoms with E-state index in [1.165, 1.54) is 12.8 Å². The summed E-state index contributed by atoms with van der Waals surface area (Å²) < 4.78 is 36.1. The number of phosphoric acid groups is 1. The summed E-state index contributed by atoms with van der Waals surface area (Å²) in [7, 11) is -3.55. The Bertz CT molecular complexity index is 585. The van der Waals surface area contributed by atoms with Crippen LogP contribution >= 0.6 is 7.82 Å². The lowest BCUT2D eigenvalue weighted by molar-refractivity contribution is -0.139. The van der Waals surface area contributed by atoms with Crippen LogP contribution in [0.15, 0.2) is 12.2 Å². The molecular formula is C30H59O6P. The van der Waals surface area contributed by atoms with Gasteiger partial charge >= 0.3 is 13.8 Å². The Kier molecular flexibility index (Phi) is 23.9. The van der Waals surface area contributed by atoms with Crippen molar-refractivity contribution in [3.8, 4) is 0 Å². The number of phosphoric ester groups is 1. The lowest BCUT2D eigenvalue weighted by atomic mass is 10.0. The fourth-order valence-corrected chi connectivity index (χ4v) is 5.39. The first kappa shape index (κ1) is 36.3. The summed E-state index contributed by atoms with van der Waals surface area (Å²) in [5.41, 5.74) is 0.452. The van der Waals surface area contributed by atoms with Gasteiger partial charge in [0.15, 0.2) is 0 Å². The highest BCUT2D eigenvalue weighted by Crippen LogP contribution is 2.51. The van der Waals surface area contributed by atoms with Crippen molar-refractivity contribution in [2.75, 3.05) is 26.4 Å². The molecule has 220 valence electrons. The first-order valence-electron chi connectivity index (χ1n) is 15.2. The summed E-state index contributed by atoms with van der Waals surface area (Å²) >= 11 is 0. The van der Waals surface area contributed by atoms with Crippen LogP contribution in [-0.2, 0) is 27.7 Å². The molecule has 0 N–H and O–H groups in total. The monoisotopic (exact) mass is 546 g/mol. The molecule has 0 bridgehead atoms. The first-order valence-corrected chi connectivity index (χ1v) is 16.6. The predicted molar refractivity (Wildman–Crippen MR) is 155 cm³/mol. The molecule has 0 aromatic heterocycles. The minimum absolute atomic E-state index is 0.300. The molecule has 0 aliphatic carbocycles. The van der Waals surface area contributed by atoms with Crippen molar-refractivity contribution in [1.82, 2.24) is 0 Å². The third kappa shape index (κ3) is 20.9. The molecule has 0 aliphatic rings. The van der Waals surface area contributed by atoms with Gasteiger partial charge in [0.25, 0.3) is 0 Å². The van der Waals surface area contributed by atoms with Crippen LogP contribution in [0.25, 0.3) is 0 Å². The van der Waals surface area contributed by atoms with Gasteiger partial charge < -0.3 is 4.74 Å². The van der Waals surface area contributed by atoms with E-state index < -0.39 is 7.82 Å². The third-order valence-corrected chi connectivity index (χ3v) is 8.32. The van der Waals surface area contributed by atoms with E-state index >= 15 is 0 Å². The van der Waals surface area contributed by atoms with Gasteiger partial charge in [-0.05, 0) is 44.4 Å². The van der Waals surface area contributed by atoms with E-state index in [1.54, 1.807) is 6.92 Å². The SMILES string of the molecule is C=C(C)C(=O)OCCCCCCCCCCOP(=O)(OCC(CC)CCCC)OCC(CC)CCCC. The van der Waals surface area contributed by atoms with Gasteiger partial charge in [-0.25, -0.2) is 9.36 Å². The Labute approximate surface area is 229 Å². The fraction of sp³-hybridized carbons (Fsp3) is 0.900. The van der Waals surface area contributed by atoms with Crippen LogP contribution in [0.3, 0.4) is 0 Å². The summed E-state index contributed by atoms with van der Waals surface area (Å²) in [6.07, 6.45) is 17.3. The molecule has 0 saturated heterocycles.